The summed E-state index contributed by atoms with van der Waals surface area (Å²) in [7, 11) is 0. The minimum Gasteiger partial charge on any atom is -0.478 e. The van der Waals surface area contributed by atoms with Crippen LogP contribution in [0.4, 0.5) is 26.3 Å². The number of carbonyl (C=O) groups is 2. The molecule has 0 radical (unpaired) electrons. The van der Waals surface area contributed by atoms with Gasteiger partial charge in [-0.3, -0.25) is 4.79 Å². The lowest BCUT2D eigenvalue weighted by molar-refractivity contribution is -0.143. The number of aromatic carboxylic acids is 1. The van der Waals surface area contributed by atoms with Crippen molar-refractivity contribution in [3.8, 4) is 17.3 Å². The van der Waals surface area contributed by atoms with Crippen LogP contribution in [0.1, 0.15) is 55.1 Å². The predicted octanol–water partition coefficient (Wildman–Crippen LogP) is 5.48. The third kappa shape index (κ3) is 7.55. The topological polar surface area (TPSA) is 149 Å². The van der Waals surface area contributed by atoms with E-state index in [0.29, 0.717) is 25.2 Å². The highest BCUT2D eigenvalue weighted by Crippen LogP contribution is 2.38. The number of alkyl halides is 6. The number of amides is 1. The summed E-state index contributed by atoms with van der Waals surface area (Å²) in [6.45, 7) is 7.24. The van der Waals surface area contributed by atoms with Gasteiger partial charge in [-0.15, -0.1) is 0 Å². The van der Waals surface area contributed by atoms with Crippen molar-refractivity contribution in [3.63, 3.8) is 0 Å². The lowest BCUT2D eigenvalue weighted by atomic mass is 9.86. The number of halogens is 6. The van der Waals surface area contributed by atoms with E-state index in [9.17, 15) is 35.9 Å². The minimum absolute atomic E-state index is 0.00552. The maximum Gasteiger partial charge on any atom is 0.416 e. The highest BCUT2D eigenvalue weighted by molar-refractivity contribution is 6.00. The van der Waals surface area contributed by atoms with Gasteiger partial charge in [0.2, 0.25) is 5.91 Å². The first kappa shape index (κ1) is 32.3. The van der Waals surface area contributed by atoms with E-state index in [1.54, 1.807) is 4.90 Å². The fourth-order valence-corrected chi connectivity index (χ4v) is 4.09. The third-order valence-electron chi connectivity index (χ3n) is 6.68. The molecule has 0 aliphatic carbocycles. The molecular weight excluding hydrogens is 570 g/mol. The molecule has 1 aliphatic heterocycles. The molecule has 226 valence electrons. The quantitative estimate of drug-likeness (QED) is 0.338. The number of nitrogens with one attached hydrogen (secondary N) is 1. The van der Waals surface area contributed by atoms with Gasteiger partial charge in [0.1, 0.15) is 11.1 Å². The number of fused-ring (bicyclic) bond motifs is 1. The van der Waals surface area contributed by atoms with Crippen molar-refractivity contribution in [1.29, 1.82) is 5.26 Å². The van der Waals surface area contributed by atoms with Crippen LogP contribution in [-0.4, -0.2) is 56.0 Å². The fraction of sp³-hybridized carbons (Fsp3) is 0.444. The van der Waals surface area contributed by atoms with Gasteiger partial charge in [-0.2, -0.15) is 31.6 Å². The summed E-state index contributed by atoms with van der Waals surface area (Å²) in [5.41, 5.74) is 1.46. The minimum atomic E-state index is -5.01. The number of nitriles is 1. The number of likely N-dealkylation sites (tertiary alicyclic amines) is 1. The maximum absolute atomic E-state index is 12.9. The van der Waals surface area contributed by atoms with Crippen LogP contribution in [0.2, 0.25) is 0 Å². The molecule has 3 aromatic rings. The van der Waals surface area contributed by atoms with Crippen molar-refractivity contribution in [3.05, 3.63) is 47.3 Å². The highest BCUT2D eigenvalue weighted by Gasteiger charge is 2.37. The zero-order chi connectivity index (χ0) is 31.6. The third-order valence-corrected chi connectivity index (χ3v) is 6.68. The van der Waals surface area contributed by atoms with Crippen molar-refractivity contribution in [2.45, 2.75) is 52.0 Å². The van der Waals surface area contributed by atoms with Crippen molar-refractivity contribution >= 4 is 23.0 Å². The largest absolute Gasteiger partial charge is 0.478 e. The molecule has 1 aromatic carbocycles. The normalized spacial score (nSPS) is 15.5. The molecule has 1 aliphatic rings. The van der Waals surface area contributed by atoms with Crippen molar-refractivity contribution in [2.75, 3.05) is 13.1 Å². The Morgan fingerprint density at radius 2 is 1.62 bits per heavy atom. The monoisotopic (exact) mass is 598 g/mol. The number of hydrogen-bond donors (Lipinski definition) is 3. The van der Waals surface area contributed by atoms with Gasteiger partial charge in [-0.25, -0.2) is 14.8 Å². The Bertz CT molecular complexity index is 1460. The Morgan fingerprint density at radius 3 is 2.07 bits per heavy atom. The van der Waals surface area contributed by atoms with Crippen LogP contribution in [0.15, 0.2) is 30.6 Å². The first-order valence-corrected chi connectivity index (χ1v) is 12.6. The molecule has 1 amide bonds. The summed E-state index contributed by atoms with van der Waals surface area (Å²) >= 11 is 0. The van der Waals surface area contributed by atoms with E-state index in [1.807, 2.05) is 20.8 Å². The van der Waals surface area contributed by atoms with E-state index in [4.69, 9.17) is 16.1 Å². The van der Waals surface area contributed by atoms with Gasteiger partial charge in [-0.05, 0) is 36.5 Å². The molecule has 2 aromatic heterocycles. The second kappa shape index (κ2) is 12.0. The number of carbonyl (C=O) groups excluding carboxylic acids is 1. The number of aromatic nitrogens is 3. The van der Waals surface area contributed by atoms with E-state index in [-0.39, 0.29) is 45.7 Å². The molecule has 4 rings (SSSR count). The maximum atomic E-state index is 12.9. The van der Waals surface area contributed by atoms with E-state index < -0.39 is 41.1 Å². The number of rotatable bonds is 3. The van der Waals surface area contributed by atoms with E-state index >= 15 is 0 Å². The van der Waals surface area contributed by atoms with E-state index in [1.165, 1.54) is 0 Å². The molecule has 42 heavy (non-hydrogen) atoms. The average molecular weight is 599 g/mol. The van der Waals surface area contributed by atoms with Crippen LogP contribution in [0, 0.1) is 22.7 Å². The summed E-state index contributed by atoms with van der Waals surface area (Å²) in [4.78, 5) is 35.1. The summed E-state index contributed by atoms with van der Waals surface area (Å²) < 4.78 is 77.6. The molecule has 1 fully saturated rings. The zero-order valence-corrected chi connectivity index (χ0v) is 22.8. The Balaban J connectivity index is 0.000000260. The number of H-pyrrole nitrogens is 1. The van der Waals surface area contributed by atoms with Gasteiger partial charge in [-0.1, -0.05) is 20.8 Å². The molecule has 4 N–H and O–H groups in total. The second-order valence-electron chi connectivity index (χ2n) is 10.8. The number of nitrogens with zero attached hydrogens (tertiary/aromatic N) is 4. The first-order valence-electron chi connectivity index (χ1n) is 12.6. The molecule has 15 heteroatoms. The van der Waals surface area contributed by atoms with Crippen LogP contribution < -0.4 is 5.73 Å². The summed E-state index contributed by atoms with van der Waals surface area (Å²) in [6.07, 6.45) is -6.43. The lowest BCUT2D eigenvalue weighted by Crippen LogP contribution is -2.52. The average Bonchev–Trinajstić information content (AvgIpc) is 3.34. The van der Waals surface area contributed by atoms with E-state index in [0.717, 1.165) is 25.2 Å². The van der Waals surface area contributed by atoms with Gasteiger partial charge < -0.3 is 20.7 Å². The second-order valence-corrected chi connectivity index (χ2v) is 10.8. The molecule has 1 atom stereocenters. The Hall–Kier alpha value is -4.19. The Labute approximate surface area is 236 Å². The Kier molecular flexibility index (Phi) is 9.21. The SMILES string of the molecule is CC(C)(C)[C@@H](N)C(=O)N1CCC(C#N)CC1.O=C(O)c1c[nH]c2ncc(-c3cc(C(F)(F)F)cc(C(F)(F)F)c3)nc12. The van der Waals surface area contributed by atoms with Gasteiger partial charge in [0.25, 0.3) is 0 Å². The van der Waals surface area contributed by atoms with Gasteiger partial charge in [0.15, 0.2) is 5.65 Å². The highest BCUT2D eigenvalue weighted by atomic mass is 19.4. The van der Waals surface area contributed by atoms with Gasteiger partial charge in [0, 0.05) is 30.8 Å². The standard InChI is InChI=1S/C15H7F6N3O2.C12H21N3O/c16-14(17,18)7-1-6(2-8(3-7)15(19,20)21)10-5-23-12-11(24-10)9(4-22-12)13(25)26;1-12(2,3)10(14)11(16)15-6-4-9(8-13)5-7-15/h1-5H,(H,22,23)(H,25,26);9-10H,4-7,14H2,1-3H3/t;10-/m.0/s1. The number of aromatic amines is 1. The first-order chi connectivity index (χ1) is 19.3. The van der Waals surface area contributed by atoms with E-state index in [2.05, 4.69) is 21.0 Å². The molecule has 9 nitrogen and oxygen atoms in total. The predicted molar refractivity (Wildman–Crippen MR) is 139 cm³/mol. The summed E-state index contributed by atoms with van der Waals surface area (Å²) in [6, 6.07) is 2.79. The van der Waals surface area contributed by atoms with Crippen molar-refractivity contribution in [2.24, 2.45) is 17.1 Å². The smallest absolute Gasteiger partial charge is 0.416 e. The van der Waals surface area contributed by atoms with Crippen LogP contribution >= 0.6 is 0 Å². The number of nitrogens with two attached hydrogens (primary N) is 1. The lowest BCUT2D eigenvalue weighted by Gasteiger charge is -2.35. The van der Waals surface area contributed by atoms with Crippen LogP contribution in [0.5, 0.6) is 0 Å². The molecule has 3 heterocycles. The molecule has 0 saturated carbocycles. The van der Waals surface area contributed by atoms with Crippen LogP contribution in [-0.2, 0) is 17.1 Å². The Morgan fingerprint density at radius 1 is 1.07 bits per heavy atom. The number of piperidine rings is 1. The molecular formula is C27H28F6N6O3. The summed E-state index contributed by atoms with van der Waals surface area (Å²) in [5, 5.41) is 17.8. The van der Waals surface area contributed by atoms with Gasteiger partial charge >= 0.3 is 18.3 Å². The van der Waals surface area contributed by atoms with Crippen LogP contribution in [0.25, 0.3) is 22.4 Å². The fourth-order valence-electron chi connectivity index (χ4n) is 4.09. The molecule has 0 unspecified atom stereocenters. The van der Waals surface area contributed by atoms with Crippen molar-refractivity contribution < 1.29 is 41.0 Å². The summed E-state index contributed by atoms with van der Waals surface area (Å²) in [5.74, 6) is -1.25. The van der Waals surface area contributed by atoms with Crippen molar-refractivity contribution in [1.82, 2.24) is 19.9 Å². The number of carboxylic acid groups (broad SMARTS) is 1. The molecule has 1 saturated heterocycles. The number of carboxylic acids is 1. The number of hydrogen-bond acceptors (Lipinski definition) is 6. The molecule has 0 bridgehead atoms. The number of benzene rings is 1. The zero-order valence-electron chi connectivity index (χ0n) is 22.8. The van der Waals surface area contributed by atoms with Gasteiger partial charge in [0.05, 0.1) is 35.1 Å². The van der Waals surface area contributed by atoms with Crippen LogP contribution in [0.3, 0.4) is 0 Å². The molecule has 0 spiro atoms.